The molecule has 6 heteroatoms. The molecular weight excluding hydrogens is 226 g/mol. The van der Waals surface area contributed by atoms with E-state index in [1.165, 1.54) is 42.9 Å². The summed E-state index contributed by atoms with van der Waals surface area (Å²) < 4.78 is 23.3. The minimum Gasteiger partial charge on any atom is -0.317 e. The first-order valence-corrected chi connectivity index (χ1v) is 7.82. The quantitative estimate of drug-likeness (QED) is 0.664. The maximum atomic E-state index is 10.9. The summed E-state index contributed by atoms with van der Waals surface area (Å²) in [6, 6.07) is 0. The van der Waals surface area contributed by atoms with E-state index in [4.69, 9.17) is 0 Å². The van der Waals surface area contributed by atoms with E-state index in [2.05, 4.69) is 10.6 Å². The number of piperazine rings is 1. The van der Waals surface area contributed by atoms with Crippen molar-refractivity contribution in [1.29, 1.82) is 0 Å². The lowest BCUT2D eigenvalue weighted by atomic mass is 10.2. The van der Waals surface area contributed by atoms with Crippen LogP contribution in [0.1, 0.15) is 19.3 Å². The molecule has 2 N–H and O–H groups in total. The van der Waals surface area contributed by atoms with Crippen LogP contribution in [0.2, 0.25) is 0 Å². The van der Waals surface area contributed by atoms with Gasteiger partial charge in [-0.1, -0.05) is 6.42 Å². The third-order valence-electron chi connectivity index (χ3n) is 2.75. The molecule has 16 heavy (non-hydrogen) atoms. The number of nitrogens with zero attached hydrogens (tertiary/aromatic N) is 1. The van der Waals surface area contributed by atoms with Crippen molar-refractivity contribution in [1.82, 2.24) is 14.9 Å². The van der Waals surface area contributed by atoms with E-state index in [0.29, 0.717) is 13.1 Å². The first-order chi connectivity index (χ1) is 7.61. The van der Waals surface area contributed by atoms with E-state index >= 15 is 0 Å². The molecule has 0 spiro atoms. The summed E-state index contributed by atoms with van der Waals surface area (Å²) in [6.07, 6.45) is 5.46. The normalized spacial score (nSPS) is 23.3. The van der Waals surface area contributed by atoms with Gasteiger partial charge in [0.25, 0.3) is 0 Å². The zero-order valence-electron chi connectivity index (χ0n) is 10.0. The second-order valence-electron chi connectivity index (χ2n) is 4.22. The van der Waals surface area contributed by atoms with E-state index in [0.717, 1.165) is 13.1 Å². The monoisotopic (exact) mass is 249 g/mol. The van der Waals surface area contributed by atoms with Gasteiger partial charge in [-0.05, 0) is 25.9 Å². The number of nitrogens with one attached hydrogen (secondary N) is 2. The summed E-state index contributed by atoms with van der Waals surface area (Å²) in [5.41, 5.74) is 0. The fourth-order valence-corrected chi connectivity index (χ4v) is 2.62. The summed E-state index contributed by atoms with van der Waals surface area (Å²) in [5.74, 6) is 0. The summed E-state index contributed by atoms with van der Waals surface area (Å²) in [5, 5.41) is 6.37. The van der Waals surface area contributed by atoms with Crippen LogP contribution in [0.25, 0.3) is 0 Å². The summed E-state index contributed by atoms with van der Waals surface area (Å²) in [4.78, 5) is 0. The van der Waals surface area contributed by atoms with Gasteiger partial charge in [-0.15, -0.1) is 0 Å². The molecule has 0 atom stereocenters. The average Bonchev–Trinajstić information content (AvgIpc) is 2.32. The fourth-order valence-electron chi connectivity index (χ4n) is 1.78. The van der Waals surface area contributed by atoms with Gasteiger partial charge < -0.3 is 10.6 Å². The van der Waals surface area contributed by atoms with E-state index in [1.807, 2.05) is 0 Å². The Labute approximate surface area is 98.6 Å². The zero-order chi connectivity index (χ0) is 11.9. The maximum Gasteiger partial charge on any atom is 0.211 e. The van der Waals surface area contributed by atoms with Gasteiger partial charge in [-0.2, -0.15) is 4.31 Å². The predicted molar refractivity (Wildman–Crippen MR) is 66.0 cm³/mol. The molecule has 2 aliphatic rings. The third kappa shape index (κ3) is 5.79. The van der Waals surface area contributed by atoms with E-state index < -0.39 is 10.0 Å². The molecule has 2 aliphatic heterocycles. The van der Waals surface area contributed by atoms with Crippen molar-refractivity contribution < 1.29 is 8.42 Å². The molecular formula is C10H23N3O2S. The van der Waals surface area contributed by atoms with Crippen molar-refractivity contribution in [3.05, 3.63) is 0 Å². The summed E-state index contributed by atoms with van der Waals surface area (Å²) in [7, 11) is -2.93. The maximum absolute atomic E-state index is 10.9. The molecule has 0 radical (unpaired) electrons. The Balaban J connectivity index is 0.000000181. The van der Waals surface area contributed by atoms with Crippen LogP contribution in [0.4, 0.5) is 0 Å². The molecule has 2 rings (SSSR count). The first kappa shape index (κ1) is 13.9. The molecule has 2 heterocycles. The molecule has 0 unspecified atom stereocenters. The molecule has 2 saturated heterocycles. The molecule has 0 aromatic carbocycles. The fraction of sp³-hybridized carbons (Fsp3) is 1.00. The number of hydrogen-bond acceptors (Lipinski definition) is 4. The molecule has 0 aromatic rings. The standard InChI is InChI=1S/C5H12N2O2S.C5H11N/c1-10(8,9)7-4-2-6-3-5-7;1-2-4-6-5-3-1/h6H,2-5H2,1H3;6H,1-5H2. The van der Waals surface area contributed by atoms with E-state index in [-0.39, 0.29) is 0 Å². The van der Waals surface area contributed by atoms with Crippen molar-refractivity contribution in [2.24, 2.45) is 0 Å². The average molecular weight is 249 g/mol. The smallest absolute Gasteiger partial charge is 0.211 e. The summed E-state index contributed by atoms with van der Waals surface area (Å²) >= 11 is 0. The Morgan fingerprint density at radius 2 is 1.38 bits per heavy atom. The van der Waals surface area contributed by atoms with Gasteiger partial charge in [0.05, 0.1) is 6.26 Å². The van der Waals surface area contributed by atoms with Gasteiger partial charge in [0.2, 0.25) is 10.0 Å². The number of sulfonamides is 1. The van der Waals surface area contributed by atoms with Gasteiger partial charge in [0, 0.05) is 26.2 Å². The van der Waals surface area contributed by atoms with Gasteiger partial charge in [0.1, 0.15) is 0 Å². The topological polar surface area (TPSA) is 61.4 Å². The Hall–Kier alpha value is -0.170. The SMILES string of the molecule is C1CCNCC1.CS(=O)(=O)N1CCNCC1. The lowest BCUT2D eigenvalue weighted by molar-refractivity contribution is 0.363. The van der Waals surface area contributed by atoms with Gasteiger partial charge in [0.15, 0.2) is 0 Å². The highest BCUT2D eigenvalue weighted by molar-refractivity contribution is 7.88. The van der Waals surface area contributed by atoms with Gasteiger partial charge in [-0.3, -0.25) is 0 Å². The van der Waals surface area contributed by atoms with Crippen molar-refractivity contribution in [3.63, 3.8) is 0 Å². The minimum atomic E-state index is -2.93. The highest BCUT2D eigenvalue weighted by atomic mass is 32.2. The lowest BCUT2D eigenvalue weighted by Gasteiger charge is -2.24. The highest BCUT2D eigenvalue weighted by Gasteiger charge is 2.17. The second-order valence-corrected chi connectivity index (χ2v) is 6.21. The van der Waals surface area contributed by atoms with Crippen LogP contribution in [0.3, 0.4) is 0 Å². The van der Waals surface area contributed by atoms with E-state index in [1.54, 1.807) is 0 Å². The van der Waals surface area contributed by atoms with Crippen LogP contribution in [0.5, 0.6) is 0 Å². The lowest BCUT2D eigenvalue weighted by Crippen LogP contribution is -2.45. The molecule has 0 bridgehead atoms. The largest absolute Gasteiger partial charge is 0.317 e. The first-order valence-electron chi connectivity index (χ1n) is 5.97. The number of hydrogen-bond donors (Lipinski definition) is 2. The predicted octanol–water partition coefficient (Wildman–Crippen LogP) is -0.389. The summed E-state index contributed by atoms with van der Waals surface area (Å²) in [6.45, 7) is 5.26. The van der Waals surface area contributed by atoms with Gasteiger partial charge >= 0.3 is 0 Å². The van der Waals surface area contributed by atoms with Crippen LogP contribution in [-0.4, -0.2) is 58.2 Å². The Kier molecular flexibility index (Phi) is 6.26. The highest BCUT2D eigenvalue weighted by Crippen LogP contribution is 1.98. The molecule has 96 valence electrons. The zero-order valence-corrected chi connectivity index (χ0v) is 10.9. The second kappa shape index (κ2) is 7.21. The molecule has 0 aromatic heterocycles. The Morgan fingerprint density at radius 3 is 1.62 bits per heavy atom. The van der Waals surface area contributed by atoms with Crippen LogP contribution >= 0.6 is 0 Å². The molecule has 0 aliphatic carbocycles. The Bertz CT molecular complexity index is 258. The van der Waals surface area contributed by atoms with Crippen LogP contribution in [-0.2, 0) is 10.0 Å². The molecule has 0 saturated carbocycles. The number of piperidine rings is 1. The van der Waals surface area contributed by atoms with Crippen LogP contribution < -0.4 is 10.6 Å². The van der Waals surface area contributed by atoms with Crippen LogP contribution in [0.15, 0.2) is 0 Å². The van der Waals surface area contributed by atoms with Crippen LogP contribution in [0, 0.1) is 0 Å². The van der Waals surface area contributed by atoms with E-state index in [9.17, 15) is 8.42 Å². The van der Waals surface area contributed by atoms with Crippen molar-refractivity contribution in [2.75, 3.05) is 45.5 Å². The van der Waals surface area contributed by atoms with Crippen molar-refractivity contribution in [2.45, 2.75) is 19.3 Å². The molecule has 2 fully saturated rings. The third-order valence-corrected chi connectivity index (χ3v) is 4.06. The van der Waals surface area contributed by atoms with Crippen molar-refractivity contribution in [3.8, 4) is 0 Å². The molecule has 0 amide bonds. The Morgan fingerprint density at radius 1 is 0.875 bits per heavy atom. The molecule has 5 nitrogen and oxygen atoms in total. The van der Waals surface area contributed by atoms with Crippen molar-refractivity contribution >= 4 is 10.0 Å². The number of rotatable bonds is 1. The minimum absolute atomic E-state index is 0.610. The van der Waals surface area contributed by atoms with Gasteiger partial charge in [-0.25, -0.2) is 8.42 Å².